The number of amides is 2. The van der Waals surface area contributed by atoms with Gasteiger partial charge in [0.15, 0.2) is 6.10 Å². The molecule has 0 aliphatic carbocycles. The number of hydroxylamine groups is 1. The summed E-state index contributed by atoms with van der Waals surface area (Å²) in [7, 11) is 0. The summed E-state index contributed by atoms with van der Waals surface area (Å²) in [4.78, 5) is 40.5. The lowest BCUT2D eigenvalue weighted by molar-refractivity contribution is -0.384. The lowest BCUT2D eigenvalue weighted by atomic mass is 9.90. The minimum Gasteiger partial charge on any atom is -0.294 e. The molecule has 0 bridgehead atoms. The number of benzene rings is 2. The van der Waals surface area contributed by atoms with Crippen LogP contribution in [0.4, 0.5) is 11.4 Å². The summed E-state index contributed by atoms with van der Waals surface area (Å²) in [5.74, 6) is -1.68. The van der Waals surface area contributed by atoms with E-state index in [1.165, 1.54) is 17.2 Å². The fourth-order valence-corrected chi connectivity index (χ4v) is 3.40. The minimum atomic E-state index is -0.946. The Morgan fingerprint density at radius 2 is 1.69 bits per heavy atom. The maximum atomic E-state index is 12.3. The number of carbonyl (C=O) groups is 2. The van der Waals surface area contributed by atoms with Crippen molar-refractivity contribution in [2.24, 2.45) is 5.92 Å². The molecule has 9 heteroatoms. The third-order valence-electron chi connectivity index (χ3n) is 4.48. The minimum absolute atomic E-state index is 0.0609. The van der Waals surface area contributed by atoms with E-state index < -0.39 is 34.8 Å². The molecular formula is C17H12ClN3O5. The van der Waals surface area contributed by atoms with E-state index in [4.69, 9.17) is 16.4 Å². The lowest BCUT2D eigenvalue weighted by Gasteiger charge is -2.27. The second-order valence-electron chi connectivity index (χ2n) is 6.00. The van der Waals surface area contributed by atoms with Crippen molar-refractivity contribution < 1.29 is 19.3 Å². The summed E-state index contributed by atoms with van der Waals surface area (Å²) in [6.45, 7) is 0. The average Bonchev–Trinajstić information content (AvgIpc) is 3.14. The summed E-state index contributed by atoms with van der Waals surface area (Å²) in [6.07, 6.45) is -0.946. The Kier molecular flexibility index (Phi) is 3.86. The van der Waals surface area contributed by atoms with Crippen LogP contribution in [0, 0.1) is 16.0 Å². The van der Waals surface area contributed by atoms with Crippen LogP contribution in [0.25, 0.3) is 0 Å². The second-order valence-corrected chi connectivity index (χ2v) is 6.44. The molecule has 2 aromatic carbocycles. The molecule has 2 saturated heterocycles. The van der Waals surface area contributed by atoms with E-state index in [0.29, 0.717) is 16.3 Å². The van der Waals surface area contributed by atoms with Crippen LogP contribution in [0.15, 0.2) is 48.5 Å². The highest BCUT2D eigenvalue weighted by Gasteiger charge is 2.56. The number of hydrogen-bond donors (Lipinski definition) is 1. The van der Waals surface area contributed by atoms with Crippen LogP contribution >= 0.6 is 11.6 Å². The normalized spacial score (nSPS) is 24.5. The van der Waals surface area contributed by atoms with Crippen molar-refractivity contribution in [1.29, 1.82) is 0 Å². The first kappa shape index (κ1) is 16.5. The number of nitro benzene ring substituents is 1. The molecule has 0 unspecified atom stereocenters. The van der Waals surface area contributed by atoms with Gasteiger partial charge in [-0.1, -0.05) is 23.7 Å². The van der Waals surface area contributed by atoms with E-state index in [9.17, 15) is 19.7 Å². The Labute approximate surface area is 152 Å². The second kappa shape index (κ2) is 6.08. The SMILES string of the molecule is O=C1NC(=O)[C@H]2ON(c3ccc(Cl)cc3)[C@@H](c3ccc([N+](=O)[O-])cc3)[C@@H]12. The number of hydrogen-bond acceptors (Lipinski definition) is 6. The van der Waals surface area contributed by atoms with Gasteiger partial charge in [-0.3, -0.25) is 29.9 Å². The van der Waals surface area contributed by atoms with Gasteiger partial charge in [-0.15, -0.1) is 0 Å². The Bertz CT molecular complexity index is 900. The number of carbonyl (C=O) groups excluding carboxylic acids is 2. The van der Waals surface area contributed by atoms with Crippen LogP contribution < -0.4 is 10.4 Å². The average molecular weight is 374 g/mol. The number of anilines is 1. The number of imide groups is 1. The van der Waals surface area contributed by atoms with Gasteiger partial charge in [0.25, 0.3) is 11.6 Å². The highest BCUT2D eigenvalue weighted by atomic mass is 35.5. The first-order valence-corrected chi connectivity index (χ1v) is 8.14. The van der Waals surface area contributed by atoms with Gasteiger partial charge in [-0.25, -0.2) is 5.06 Å². The van der Waals surface area contributed by atoms with E-state index in [1.807, 2.05) is 0 Å². The van der Waals surface area contributed by atoms with Crippen LogP contribution in [0.2, 0.25) is 5.02 Å². The van der Waals surface area contributed by atoms with Crippen molar-refractivity contribution in [2.45, 2.75) is 12.1 Å². The van der Waals surface area contributed by atoms with E-state index in [0.717, 1.165) is 0 Å². The van der Waals surface area contributed by atoms with Crippen molar-refractivity contribution >= 4 is 34.8 Å². The molecule has 2 fully saturated rings. The summed E-state index contributed by atoms with van der Waals surface area (Å²) >= 11 is 5.92. The van der Waals surface area contributed by atoms with Gasteiger partial charge in [0, 0.05) is 17.2 Å². The molecule has 2 aliphatic heterocycles. The Morgan fingerprint density at radius 3 is 2.31 bits per heavy atom. The Morgan fingerprint density at radius 1 is 1.04 bits per heavy atom. The third-order valence-corrected chi connectivity index (χ3v) is 4.73. The highest BCUT2D eigenvalue weighted by molar-refractivity contribution is 6.30. The Balaban J connectivity index is 1.77. The fourth-order valence-electron chi connectivity index (χ4n) is 3.28. The molecular weight excluding hydrogens is 362 g/mol. The zero-order chi connectivity index (χ0) is 18.4. The van der Waals surface area contributed by atoms with Crippen LogP contribution in [-0.2, 0) is 14.4 Å². The predicted molar refractivity (Wildman–Crippen MR) is 91.3 cm³/mol. The molecule has 0 spiro atoms. The molecule has 0 radical (unpaired) electrons. The molecule has 2 amide bonds. The number of halogens is 1. The highest BCUT2D eigenvalue weighted by Crippen LogP contribution is 2.44. The summed E-state index contributed by atoms with van der Waals surface area (Å²) in [5, 5.41) is 15.2. The van der Waals surface area contributed by atoms with Gasteiger partial charge in [0.05, 0.1) is 16.7 Å². The number of nitrogens with zero attached hydrogens (tertiary/aromatic N) is 2. The van der Waals surface area contributed by atoms with Crippen molar-refractivity contribution in [2.75, 3.05) is 5.06 Å². The topological polar surface area (TPSA) is 102 Å². The zero-order valence-electron chi connectivity index (χ0n) is 13.2. The van der Waals surface area contributed by atoms with E-state index >= 15 is 0 Å². The molecule has 2 aromatic rings. The van der Waals surface area contributed by atoms with E-state index in [-0.39, 0.29) is 5.69 Å². The summed E-state index contributed by atoms with van der Waals surface area (Å²) < 4.78 is 0. The monoisotopic (exact) mass is 373 g/mol. The van der Waals surface area contributed by atoms with Crippen LogP contribution in [0.5, 0.6) is 0 Å². The van der Waals surface area contributed by atoms with Crippen molar-refractivity contribution in [1.82, 2.24) is 5.32 Å². The van der Waals surface area contributed by atoms with E-state index in [2.05, 4.69) is 5.32 Å². The molecule has 2 aliphatic rings. The molecule has 3 atom stereocenters. The van der Waals surface area contributed by atoms with Gasteiger partial charge < -0.3 is 0 Å². The lowest BCUT2D eigenvalue weighted by Crippen LogP contribution is -2.33. The van der Waals surface area contributed by atoms with Gasteiger partial charge in [0.1, 0.15) is 5.92 Å². The first-order valence-electron chi connectivity index (χ1n) is 7.76. The van der Waals surface area contributed by atoms with Crippen LogP contribution in [0.3, 0.4) is 0 Å². The molecule has 4 rings (SSSR count). The van der Waals surface area contributed by atoms with E-state index in [1.54, 1.807) is 36.4 Å². The predicted octanol–water partition coefficient (Wildman–Crippen LogP) is 2.38. The molecule has 8 nitrogen and oxygen atoms in total. The number of rotatable bonds is 3. The smallest absolute Gasteiger partial charge is 0.269 e. The first-order chi connectivity index (χ1) is 12.5. The summed E-state index contributed by atoms with van der Waals surface area (Å²) in [6, 6.07) is 12.0. The van der Waals surface area contributed by atoms with Gasteiger partial charge in [-0.05, 0) is 29.8 Å². The zero-order valence-corrected chi connectivity index (χ0v) is 13.9. The molecule has 26 heavy (non-hydrogen) atoms. The van der Waals surface area contributed by atoms with Crippen molar-refractivity contribution in [3.05, 3.63) is 69.2 Å². The number of nitro groups is 1. The largest absolute Gasteiger partial charge is 0.294 e. The number of non-ortho nitro benzene ring substituents is 1. The Hall–Kier alpha value is -2.97. The van der Waals surface area contributed by atoms with Crippen molar-refractivity contribution in [3.63, 3.8) is 0 Å². The van der Waals surface area contributed by atoms with Crippen molar-refractivity contribution in [3.8, 4) is 0 Å². The molecule has 1 N–H and O–H groups in total. The van der Waals surface area contributed by atoms with Crippen LogP contribution in [0.1, 0.15) is 11.6 Å². The quantitative estimate of drug-likeness (QED) is 0.503. The maximum Gasteiger partial charge on any atom is 0.269 e. The molecule has 0 aromatic heterocycles. The molecule has 132 valence electrons. The fraction of sp³-hybridized carbons (Fsp3) is 0.176. The molecule has 0 saturated carbocycles. The number of fused-ring (bicyclic) bond motifs is 1. The standard InChI is InChI=1S/C17H12ClN3O5/c18-10-3-7-11(8-4-10)20-14(9-1-5-12(6-2-9)21(24)25)13-15(26-20)17(23)19-16(13)22/h1-8,13-15H,(H,19,22,23)/t13-,14+,15+/m1/s1. The third kappa shape index (κ3) is 2.59. The van der Waals surface area contributed by atoms with Crippen LogP contribution in [-0.4, -0.2) is 22.8 Å². The molecule has 2 heterocycles. The van der Waals surface area contributed by atoms with Gasteiger partial charge in [-0.2, -0.15) is 0 Å². The van der Waals surface area contributed by atoms with Gasteiger partial charge >= 0.3 is 0 Å². The number of nitrogens with one attached hydrogen (secondary N) is 1. The van der Waals surface area contributed by atoms with Gasteiger partial charge in [0.2, 0.25) is 5.91 Å². The summed E-state index contributed by atoms with van der Waals surface area (Å²) in [5.41, 5.74) is 1.19. The maximum absolute atomic E-state index is 12.3.